The zero-order valence-corrected chi connectivity index (χ0v) is 11.9. The lowest BCUT2D eigenvalue weighted by atomic mass is 10.1. The van der Waals surface area contributed by atoms with Gasteiger partial charge in [0.2, 0.25) is 5.43 Å². The molecule has 122 valence electrons. The van der Waals surface area contributed by atoms with Crippen LogP contribution >= 0.6 is 0 Å². The minimum absolute atomic E-state index is 0.0169. The van der Waals surface area contributed by atoms with Crippen molar-refractivity contribution in [1.29, 1.82) is 0 Å². The Balaban J connectivity index is 2.03. The van der Waals surface area contributed by atoms with Crippen molar-refractivity contribution in [2.45, 2.75) is 19.2 Å². The van der Waals surface area contributed by atoms with Gasteiger partial charge in [0.25, 0.3) is 5.91 Å². The third-order valence-corrected chi connectivity index (χ3v) is 3.71. The van der Waals surface area contributed by atoms with Crippen LogP contribution in [0.5, 0.6) is 5.75 Å². The fraction of sp³-hybridized carbons (Fsp3) is 0.333. The van der Waals surface area contributed by atoms with E-state index in [1.165, 1.54) is 12.3 Å². The summed E-state index contributed by atoms with van der Waals surface area (Å²) in [6, 6.07) is 3.40. The molecule has 2 aromatic rings. The molecule has 0 aliphatic carbocycles. The number of hydrogen-bond acceptors (Lipinski definition) is 3. The summed E-state index contributed by atoms with van der Waals surface area (Å²) in [4.78, 5) is 29.1. The maximum atomic E-state index is 12.4. The topological polar surface area (TPSA) is 62.4 Å². The number of H-pyrrole nitrogens is 1. The molecule has 23 heavy (non-hydrogen) atoms. The molecule has 2 heterocycles. The Kier molecular flexibility index (Phi) is 3.75. The second-order valence-corrected chi connectivity index (χ2v) is 5.29. The molecule has 8 heteroatoms. The van der Waals surface area contributed by atoms with E-state index < -0.39 is 23.4 Å². The van der Waals surface area contributed by atoms with Crippen LogP contribution in [0.3, 0.4) is 0 Å². The second-order valence-electron chi connectivity index (χ2n) is 5.29. The molecule has 0 spiro atoms. The first-order valence-electron chi connectivity index (χ1n) is 7.05. The number of benzene rings is 1. The number of carbonyl (C=O) groups excluding carboxylic acids is 1. The number of ether oxygens (including phenoxy) is 1. The Morgan fingerprint density at radius 1 is 1.22 bits per heavy atom. The first-order valence-corrected chi connectivity index (χ1v) is 7.05. The van der Waals surface area contributed by atoms with Crippen LogP contribution in [-0.4, -0.2) is 35.2 Å². The van der Waals surface area contributed by atoms with E-state index in [-0.39, 0.29) is 10.9 Å². The van der Waals surface area contributed by atoms with Crippen molar-refractivity contribution in [2.24, 2.45) is 0 Å². The van der Waals surface area contributed by atoms with Gasteiger partial charge in [-0.15, -0.1) is 13.2 Å². The van der Waals surface area contributed by atoms with Crippen molar-refractivity contribution in [2.75, 3.05) is 13.1 Å². The molecular weight excluding hydrogens is 313 g/mol. The Morgan fingerprint density at radius 2 is 1.91 bits per heavy atom. The zero-order valence-electron chi connectivity index (χ0n) is 11.9. The molecule has 1 amide bonds. The highest BCUT2D eigenvalue weighted by atomic mass is 19.4. The summed E-state index contributed by atoms with van der Waals surface area (Å²) in [5.41, 5.74) is -0.352. The predicted molar refractivity (Wildman–Crippen MR) is 76.4 cm³/mol. The number of nitrogens with one attached hydrogen (secondary N) is 1. The van der Waals surface area contributed by atoms with E-state index in [1.54, 1.807) is 4.90 Å². The summed E-state index contributed by atoms with van der Waals surface area (Å²) in [6.45, 7) is 1.15. The summed E-state index contributed by atoms with van der Waals surface area (Å²) in [5.74, 6) is -0.908. The second kappa shape index (κ2) is 5.60. The van der Waals surface area contributed by atoms with Gasteiger partial charge in [-0.25, -0.2) is 0 Å². The smallest absolute Gasteiger partial charge is 0.406 e. The van der Waals surface area contributed by atoms with Crippen LogP contribution in [0.15, 0.2) is 29.2 Å². The normalized spacial score (nSPS) is 15.2. The standard InChI is InChI=1S/C15H13F3N2O3/c16-15(17,18)23-9-3-4-12-10(7-9)13(21)11(8-19-12)14(22)20-5-1-2-6-20/h3-4,7-8H,1-2,5-6H2,(H,19,21). The minimum atomic E-state index is -4.84. The van der Waals surface area contributed by atoms with Crippen molar-refractivity contribution in [3.05, 3.63) is 40.2 Å². The van der Waals surface area contributed by atoms with Crippen LogP contribution < -0.4 is 10.2 Å². The lowest BCUT2D eigenvalue weighted by molar-refractivity contribution is -0.274. The molecule has 0 radical (unpaired) electrons. The molecule has 5 nitrogen and oxygen atoms in total. The average Bonchev–Trinajstić information content (AvgIpc) is 3.00. The van der Waals surface area contributed by atoms with Crippen molar-refractivity contribution in [1.82, 2.24) is 9.88 Å². The van der Waals surface area contributed by atoms with E-state index in [1.807, 2.05) is 0 Å². The number of amides is 1. The molecule has 0 atom stereocenters. The van der Waals surface area contributed by atoms with E-state index in [9.17, 15) is 22.8 Å². The molecule has 3 rings (SSSR count). The number of aromatic nitrogens is 1. The van der Waals surface area contributed by atoms with Gasteiger partial charge in [-0.3, -0.25) is 9.59 Å². The Hall–Kier alpha value is -2.51. The SMILES string of the molecule is O=C(c1c[nH]c2ccc(OC(F)(F)F)cc2c1=O)N1CCCC1. The number of halogens is 3. The third kappa shape index (κ3) is 3.15. The predicted octanol–water partition coefficient (Wildman–Crippen LogP) is 2.66. The van der Waals surface area contributed by atoms with Crippen LogP contribution in [0.4, 0.5) is 13.2 Å². The van der Waals surface area contributed by atoms with Gasteiger partial charge in [-0.1, -0.05) is 0 Å². The molecule has 1 aromatic carbocycles. The van der Waals surface area contributed by atoms with Gasteiger partial charge in [-0.05, 0) is 31.0 Å². The molecule has 1 N–H and O–H groups in total. The summed E-state index contributed by atoms with van der Waals surface area (Å²) in [7, 11) is 0. The number of nitrogens with zero attached hydrogens (tertiary/aromatic N) is 1. The number of pyridine rings is 1. The quantitative estimate of drug-likeness (QED) is 0.923. The molecule has 1 fully saturated rings. The number of carbonyl (C=O) groups is 1. The maximum absolute atomic E-state index is 12.4. The summed E-state index contributed by atoms with van der Waals surface area (Å²) >= 11 is 0. The van der Waals surface area contributed by atoms with Crippen LogP contribution in [-0.2, 0) is 0 Å². The van der Waals surface area contributed by atoms with Gasteiger partial charge in [0.1, 0.15) is 11.3 Å². The van der Waals surface area contributed by atoms with E-state index in [0.717, 1.165) is 25.0 Å². The first-order chi connectivity index (χ1) is 10.8. The highest BCUT2D eigenvalue weighted by Gasteiger charge is 2.31. The fourth-order valence-corrected chi connectivity index (χ4v) is 2.64. The van der Waals surface area contributed by atoms with Gasteiger partial charge in [0.15, 0.2) is 0 Å². The lowest BCUT2D eigenvalue weighted by Gasteiger charge is -2.15. The maximum Gasteiger partial charge on any atom is 0.573 e. The summed E-state index contributed by atoms with van der Waals surface area (Å²) in [6.07, 6.45) is -1.79. The monoisotopic (exact) mass is 326 g/mol. The van der Waals surface area contributed by atoms with E-state index >= 15 is 0 Å². The molecule has 0 unspecified atom stereocenters. The zero-order chi connectivity index (χ0) is 16.6. The molecule has 1 saturated heterocycles. The van der Waals surface area contributed by atoms with Gasteiger partial charge >= 0.3 is 6.36 Å². The molecule has 0 saturated carbocycles. The number of likely N-dealkylation sites (tertiary alicyclic amines) is 1. The van der Waals surface area contributed by atoms with Crippen LogP contribution in [0.1, 0.15) is 23.2 Å². The number of fused-ring (bicyclic) bond motifs is 1. The largest absolute Gasteiger partial charge is 0.573 e. The molecule has 1 aliphatic rings. The highest BCUT2D eigenvalue weighted by Crippen LogP contribution is 2.25. The van der Waals surface area contributed by atoms with Crippen molar-refractivity contribution >= 4 is 16.8 Å². The van der Waals surface area contributed by atoms with E-state index in [2.05, 4.69) is 9.72 Å². The van der Waals surface area contributed by atoms with E-state index in [0.29, 0.717) is 18.6 Å². The van der Waals surface area contributed by atoms with Crippen LogP contribution in [0.25, 0.3) is 10.9 Å². The third-order valence-electron chi connectivity index (χ3n) is 3.71. The molecule has 1 aliphatic heterocycles. The van der Waals surface area contributed by atoms with Gasteiger partial charge in [0, 0.05) is 30.2 Å². The Morgan fingerprint density at radius 3 is 2.57 bits per heavy atom. The Labute approximate surface area is 128 Å². The average molecular weight is 326 g/mol. The summed E-state index contributed by atoms with van der Waals surface area (Å²) in [5, 5.41) is -0.0169. The lowest BCUT2D eigenvalue weighted by Crippen LogP contribution is -2.31. The van der Waals surface area contributed by atoms with Crippen molar-refractivity contribution < 1.29 is 22.7 Å². The van der Waals surface area contributed by atoms with Gasteiger partial charge in [0.05, 0.1) is 0 Å². The van der Waals surface area contributed by atoms with Crippen LogP contribution in [0.2, 0.25) is 0 Å². The van der Waals surface area contributed by atoms with Gasteiger partial charge in [-0.2, -0.15) is 0 Å². The number of hydrogen-bond donors (Lipinski definition) is 1. The molecular formula is C15H13F3N2O3. The Bertz CT molecular complexity index is 808. The number of alkyl halides is 3. The fourth-order valence-electron chi connectivity index (χ4n) is 2.64. The number of aromatic amines is 1. The van der Waals surface area contributed by atoms with Crippen LogP contribution in [0, 0.1) is 0 Å². The summed E-state index contributed by atoms with van der Waals surface area (Å²) < 4.78 is 40.7. The number of rotatable bonds is 2. The molecule has 1 aromatic heterocycles. The van der Waals surface area contributed by atoms with Crippen molar-refractivity contribution in [3.63, 3.8) is 0 Å². The highest BCUT2D eigenvalue weighted by molar-refractivity contribution is 5.97. The first kappa shape index (κ1) is 15.4. The molecule has 0 bridgehead atoms. The minimum Gasteiger partial charge on any atom is -0.406 e. The van der Waals surface area contributed by atoms with E-state index in [4.69, 9.17) is 0 Å². The van der Waals surface area contributed by atoms with Crippen molar-refractivity contribution in [3.8, 4) is 5.75 Å². The van der Waals surface area contributed by atoms with Gasteiger partial charge < -0.3 is 14.6 Å².